The molecule has 0 saturated heterocycles. The van der Waals surface area contributed by atoms with Crippen LogP contribution in [0.25, 0.3) is 0 Å². The highest BCUT2D eigenvalue weighted by atomic mass is 16.2. The Morgan fingerprint density at radius 1 is 1.38 bits per heavy atom. The minimum atomic E-state index is 0.256. The van der Waals surface area contributed by atoms with Gasteiger partial charge < -0.3 is 10.8 Å². The number of rotatable bonds is 3. The summed E-state index contributed by atoms with van der Waals surface area (Å²) in [4.78, 5) is 0. The first-order valence-corrected chi connectivity index (χ1v) is 2.71. The minimum Gasteiger partial charge on any atom is -0.396 e. The van der Waals surface area contributed by atoms with Gasteiger partial charge in [0.1, 0.15) is 0 Å². The molecule has 0 aromatic carbocycles. The van der Waals surface area contributed by atoms with E-state index in [0.29, 0.717) is 0 Å². The Morgan fingerprint density at radius 2 is 2.12 bits per heavy atom. The lowest BCUT2D eigenvalue weighted by atomic mass is 10.2. The fourth-order valence-corrected chi connectivity index (χ4v) is 0.397. The van der Waals surface area contributed by atoms with Crippen LogP contribution < -0.4 is 5.73 Å². The molecule has 8 heavy (non-hydrogen) atoms. The summed E-state index contributed by atoms with van der Waals surface area (Å²) in [5.41, 5.74) is 4.89. The molecule has 0 saturated carbocycles. The second-order valence-electron chi connectivity index (χ2n) is 1.50. The standard InChI is InChI=1S/C6H11NO/c7-5-3-1-2-4-6-8/h8H,1-2,4,6-7H2. The van der Waals surface area contributed by atoms with E-state index < -0.39 is 0 Å². The summed E-state index contributed by atoms with van der Waals surface area (Å²) in [6.45, 7) is 0.256. The molecule has 0 spiro atoms. The molecule has 3 N–H and O–H groups in total. The normalized spacial score (nSPS) is 7.62. The van der Waals surface area contributed by atoms with E-state index in [0.717, 1.165) is 19.3 Å². The average molecular weight is 113 g/mol. The highest BCUT2D eigenvalue weighted by molar-refractivity contribution is 4.92. The van der Waals surface area contributed by atoms with E-state index in [1.165, 1.54) is 0 Å². The Hall–Kier alpha value is -0.680. The van der Waals surface area contributed by atoms with Crippen molar-refractivity contribution in [2.45, 2.75) is 19.3 Å². The first-order chi connectivity index (χ1) is 3.91. The molecule has 0 unspecified atom stereocenters. The van der Waals surface area contributed by atoms with Crippen LogP contribution in [0.2, 0.25) is 0 Å². The van der Waals surface area contributed by atoms with Gasteiger partial charge in [0.05, 0.1) is 0 Å². The van der Waals surface area contributed by atoms with E-state index in [9.17, 15) is 0 Å². The first-order valence-electron chi connectivity index (χ1n) is 2.71. The molecule has 0 bridgehead atoms. The number of hydrogen-bond donors (Lipinski definition) is 2. The van der Waals surface area contributed by atoms with Crippen LogP contribution in [0.15, 0.2) is 0 Å². The van der Waals surface area contributed by atoms with Crippen molar-refractivity contribution in [3.05, 3.63) is 0 Å². The minimum absolute atomic E-state index is 0.256. The summed E-state index contributed by atoms with van der Waals surface area (Å²) < 4.78 is 0. The van der Waals surface area contributed by atoms with Crippen molar-refractivity contribution < 1.29 is 5.11 Å². The van der Waals surface area contributed by atoms with Gasteiger partial charge in [-0.05, 0) is 12.8 Å². The lowest BCUT2D eigenvalue weighted by molar-refractivity contribution is 0.285. The Bertz CT molecular complexity index is 90.4. The summed E-state index contributed by atoms with van der Waals surface area (Å²) in [6, 6.07) is 2.29. The third kappa shape index (κ3) is 5.32. The summed E-state index contributed by atoms with van der Waals surface area (Å²) in [5, 5.41) is 8.29. The van der Waals surface area contributed by atoms with Gasteiger partial charge in [-0.2, -0.15) is 0 Å². The first kappa shape index (κ1) is 7.32. The lowest BCUT2D eigenvalue weighted by Gasteiger charge is -1.86. The molecule has 0 aromatic rings. The molecule has 0 aromatic heterocycles. The van der Waals surface area contributed by atoms with Crippen LogP contribution in [0.1, 0.15) is 19.3 Å². The van der Waals surface area contributed by atoms with Crippen molar-refractivity contribution >= 4 is 0 Å². The largest absolute Gasteiger partial charge is 0.396 e. The number of unbranched alkanes of at least 4 members (excludes halogenated alkanes) is 2. The molecule has 2 nitrogen and oxygen atoms in total. The van der Waals surface area contributed by atoms with E-state index in [1.807, 2.05) is 0 Å². The summed E-state index contributed by atoms with van der Waals surface area (Å²) in [7, 11) is 0. The summed E-state index contributed by atoms with van der Waals surface area (Å²) in [6.07, 6.45) is 2.58. The van der Waals surface area contributed by atoms with Gasteiger partial charge in [0.25, 0.3) is 0 Å². The van der Waals surface area contributed by atoms with E-state index in [1.54, 1.807) is 0 Å². The molecule has 46 valence electrons. The third-order valence-electron chi connectivity index (χ3n) is 0.812. The van der Waals surface area contributed by atoms with Crippen molar-refractivity contribution in [2.24, 2.45) is 5.73 Å². The van der Waals surface area contributed by atoms with Crippen LogP contribution in [-0.2, 0) is 0 Å². The van der Waals surface area contributed by atoms with Crippen LogP contribution in [0.5, 0.6) is 0 Å². The number of aliphatic hydroxyl groups is 1. The Labute approximate surface area is 49.7 Å². The van der Waals surface area contributed by atoms with Crippen LogP contribution in [0.4, 0.5) is 0 Å². The maximum absolute atomic E-state index is 8.29. The van der Waals surface area contributed by atoms with Crippen LogP contribution in [0.3, 0.4) is 0 Å². The van der Waals surface area contributed by atoms with Crippen molar-refractivity contribution in [2.75, 3.05) is 6.61 Å². The van der Waals surface area contributed by atoms with Crippen LogP contribution in [-0.4, -0.2) is 11.7 Å². The number of hydrogen-bond acceptors (Lipinski definition) is 2. The fourth-order valence-electron chi connectivity index (χ4n) is 0.397. The molecular weight excluding hydrogens is 102 g/mol. The van der Waals surface area contributed by atoms with Gasteiger partial charge in [-0.3, -0.25) is 0 Å². The highest BCUT2D eigenvalue weighted by Gasteiger charge is 1.79. The van der Waals surface area contributed by atoms with Crippen molar-refractivity contribution in [3.8, 4) is 12.0 Å². The monoisotopic (exact) mass is 113 g/mol. The highest BCUT2D eigenvalue weighted by Crippen LogP contribution is 1.90. The zero-order valence-corrected chi connectivity index (χ0v) is 4.85. The van der Waals surface area contributed by atoms with E-state index >= 15 is 0 Å². The molecule has 0 amide bonds. The topological polar surface area (TPSA) is 46.2 Å². The van der Waals surface area contributed by atoms with E-state index in [2.05, 4.69) is 12.0 Å². The number of aliphatic hydroxyl groups excluding tert-OH is 1. The Balaban J connectivity index is 2.79. The van der Waals surface area contributed by atoms with Crippen molar-refractivity contribution in [1.29, 1.82) is 0 Å². The van der Waals surface area contributed by atoms with Gasteiger partial charge >= 0.3 is 0 Å². The molecule has 0 atom stereocenters. The third-order valence-corrected chi connectivity index (χ3v) is 0.812. The Morgan fingerprint density at radius 3 is 2.62 bits per heavy atom. The average Bonchev–Trinajstić information content (AvgIpc) is 1.81. The molecule has 0 aliphatic rings. The molecule has 0 radical (unpaired) electrons. The zero-order chi connectivity index (χ0) is 6.24. The Kier molecular flexibility index (Phi) is 5.78. The smallest absolute Gasteiger partial charge is 0.0431 e. The molecule has 0 aliphatic heterocycles. The quantitative estimate of drug-likeness (QED) is 0.309. The SMILES string of the molecule is NC#CCCCCO. The van der Waals surface area contributed by atoms with Gasteiger partial charge in [0.15, 0.2) is 0 Å². The van der Waals surface area contributed by atoms with Crippen molar-refractivity contribution in [1.82, 2.24) is 0 Å². The van der Waals surface area contributed by atoms with Crippen molar-refractivity contribution in [3.63, 3.8) is 0 Å². The van der Waals surface area contributed by atoms with Gasteiger partial charge in [0, 0.05) is 19.1 Å². The summed E-state index contributed by atoms with van der Waals surface area (Å²) >= 11 is 0. The molecular formula is C6H11NO. The van der Waals surface area contributed by atoms with E-state index in [4.69, 9.17) is 10.8 Å². The predicted molar refractivity (Wildman–Crippen MR) is 32.9 cm³/mol. The maximum atomic E-state index is 8.29. The van der Waals surface area contributed by atoms with Gasteiger partial charge in [-0.1, -0.05) is 5.92 Å². The van der Waals surface area contributed by atoms with E-state index in [-0.39, 0.29) is 6.61 Å². The van der Waals surface area contributed by atoms with Gasteiger partial charge in [-0.15, -0.1) is 0 Å². The molecule has 0 fully saturated rings. The van der Waals surface area contributed by atoms with Gasteiger partial charge in [0.2, 0.25) is 0 Å². The lowest BCUT2D eigenvalue weighted by Crippen LogP contribution is -1.82. The number of nitrogens with two attached hydrogens (primary N) is 1. The second-order valence-corrected chi connectivity index (χ2v) is 1.50. The summed E-state index contributed by atoms with van der Waals surface area (Å²) in [5.74, 6) is 2.70. The van der Waals surface area contributed by atoms with Crippen LogP contribution in [0, 0.1) is 12.0 Å². The maximum Gasteiger partial charge on any atom is 0.0431 e. The zero-order valence-electron chi connectivity index (χ0n) is 4.85. The fraction of sp³-hybridized carbons (Fsp3) is 0.667. The molecule has 0 heterocycles. The second kappa shape index (κ2) is 6.32. The molecule has 0 aliphatic carbocycles. The van der Waals surface area contributed by atoms with Crippen LogP contribution >= 0.6 is 0 Å². The molecule has 2 heteroatoms. The van der Waals surface area contributed by atoms with Gasteiger partial charge in [-0.25, -0.2) is 0 Å². The molecule has 0 rings (SSSR count). The predicted octanol–water partition coefficient (Wildman–Crippen LogP) is 0.0686.